The van der Waals surface area contributed by atoms with Crippen LogP contribution in [0.25, 0.3) is 0 Å². The normalized spacial score (nSPS) is 25.8. The van der Waals surface area contributed by atoms with Crippen molar-refractivity contribution in [3.05, 3.63) is 0 Å². The van der Waals surface area contributed by atoms with Crippen LogP contribution in [0.2, 0.25) is 0 Å². The molecule has 1 aliphatic rings. The lowest BCUT2D eigenvalue weighted by atomic mass is 10.0. The zero-order valence-corrected chi connectivity index (χ0v) is 9.58. The predicted molar refractivity (Wildman–Crippen MR) is 58.0 cm³/mol. The Hall–Kier alpha value is -0.0800. The third kappa shape index (κ3) is 2.96. The summed E-state index contributed by atoms with van der Waals surface area (Å²) in [5, 5.41) is 0. The topological polar surface area (TPSA) is 6.48 Å². The molecular weight excluding hydrogens is 160 g/mol. The lowest BCUT2D eigenvalue weighted by Crippen LogP contribution is -2.48. The van der Waals surface area contributed by atoms with Crippen LogP contribution in [0, 0.1) is 0 Å². The molecule has 1 heterocycles. The SMILES string of the molecule is CCN1CCCC(N(C)C(C)C)C1. The molecule has 0 N–H and O–H groups in total. The second-order valence-electron chi connectivity index (χ2n) is 4.45. The molecule has 0 radical (unpaired) electrons. The van der Waals surface area contributed by atoms with Crippen LogP contribution in [0.5, 0.6) is 0 Å². The van der Waals surface area contributed by atoms with E-state index in [2.05, 4.69) is 37.6 Å². The van der Waals surface area contributed by atoms with Gasteiger partial charge in [-0.1, -0.05) is 6.92 Å². The molecule has 1 saturated heterocycles. The molecular formula is C11H24N2. The average Bonchev–Trinajstić information content (AvgIpc) is 2.16. The van der Waals surface area contributed by atoms with Gasteiger partial charge >= 0.3 is 0 Å². The second kappa shape index (κ2) is 4.97. The van der Waals surface area contributed by atoms with E-state index in [1.165, 1.54) is 32.5 Å². The van der Waals surface area contributed by atoms with Crippen LogP contribution in [0.1, 0.15) is 33.6 Å². The van der Waals surface area contributed by atoms with E-state index in [1.54, 1.807) is 0 Å². The largest absolute Gasteiger partial charge is 0.302 e. The van der Waals surface area contributed by atoms with Crippen molar-refractivity contribution in [3.8, 4) is 0 Å². The summed E-state index contributed by atoms with van der Waals surface area (Å²) in [4.78, 5) is 5.08. The summed E-state index contributed by atoms with van der Waals surface area (Å²) in [6, 6.07) is 1.47. The number of hydrogen-bond acceptors (Lipinski definition) is 2. The van der Waals surface area contributed by atoms with Crippen LogP contribution in [0.4, 0.5) is 0 Å². The number of likely N-dealkylation sites (N-methyl/N-ethyl adjacent to an activating group) is 2. The molecule has 0 amide bonds. The first-order valence-corrected chi connectivity index (χ1v) is 5.59. The van der Waals surface area contributed by atoms with Gasteiger partial charge in [0.05, 0.1) is 0 Å². The smallest absolute Gasteiger partial charge is 0.0223 e. The van der Waals surface area contributed by atoms with Crippen molar-refractivity contribution in [3.63, 3.8) is 0 Å². The predicted octanol–water partition coefficient (Wildman–Crippen LogP) is 1.81. The Morgan fingerprint density at radius 2 is 2.15 bits per heavy atom. The first-order valence-electron chi connectivity index (χ1n) is 5.59. The van der Waals surface area contributed by atoms with Crippen LogP contribution in [-0.2, 0) is 0 Å². The molecule has 2 nitrogen and oxygen atoms in total. The lowest BCUT2D eigenvalue weighted by Gasteiger charge is -2.39. The fraction of sp³-hybridized carbons (Fsp3) is 1.00. The number of rotatable bonds is 3. The fourth-order valence-corrected chi connectivity index (χ4v) is 2.07. The van der Waals surface area contributed by atoms with Crippen LogP contribution in [0.3, 0.4) is 0 Å². The summed E-state index contributed by atoms with van der Waals surface area (Å²) >= 11 is 0. The maximum atomic E-state index is 2.56. The first kappa shape index (κ1) is 11.0. The van der Waals surface area contributed by atoms with E-state index in [1.807, 2.05) is 0 Å². The van der Waals surface area contributed by atoms with Gasteiger partial charge in [0.15, 0.2) is 0 Å². The second-order valence-corrected chi connectivity index (χ2v) is 4.45. The Kier molecular flexibility index (Phi) is 4.20. The van der Waals surface area contributed by atoms with E-state index < -0.39 is 0 Å². The Balaban J connectivity index is 2.41. The molecule has 1 fully saturated rings. The molecule has 0 aromatic heterocycles. The van der Waals surface area contributed by atoms with Crippen molar-refractivity contribution in [1.29, 1.82) is 0 Å². The van der Waals surface area contributed by atoms with E-state index in [-0.39, 0.29) is 0 Å². The number of piperidine rings is 1. The minimum absolute atomic E-state index is 0.682. The molecule has 1 atom stereocenters. The summed E-state index contributed by atoms with van der Waals surface area (Å²) in [6.07, 6.45) is 2.75. The fourth-order valence-electron chi connectivity index (χ4n) is 2.07. The van der Waals surface area contributed by atoms with Crippen LogP contribution < -0.4 is 0 Å². The lowest BCUT2D eigenvalue weighted by molar-refractivity contribution is 0.0996. The van der Waals surface area contributed by atoms with Crippen molar-refractivity contribution >= 4 is 0 Å². The highest BCUT2D eigenvalue weighted by atomic mass is 15.2. The number of hydrogen-bond donors (Lipinski definition) is 0. The van der Waals surface area contributed by atoms with Crippen LogP contribution >= 0.6 is 0 Å². The van der Waals surface area contributed by atoms with Gasteiger partial charge in [-0.05, 0) is 46.8 Å². The van der Waals surface area contributed by atoms with Crippen LogP contribution in [-0.4, -0.2) is 48.6 Å². The standard InChI is InChI=1S/C11H24N2/c1-5-13-8-6-7-11(9-13)12(4)10(2)3/h10-11H,5-9H2,1-4H3. The zero-order chi connectivity index (χ0) is 9.84. The van der Waals surface area contributed by atoms with E-state index in [9.17, 15) is 0 Å². The quantitative estimate of drug-likeness (QED) is 0.660. The van der Waals surface area contributed by atoms with E-state index in [0.29, 0.717) is 6.04 Å². The van der Waals surface area contributed by atoms with Crippen molar-refractivity contribution in [2.45, 2.75) is 45.7 Å². The Morgan fingerprint density at radius 3 is 2.69 bits per heavy atom. The maximum Gasteiger partial charge on any atom is 0.0223 e. The molecule has 2 heteroatoms. The molecule has 0 spiro atoms. The van der Waals surface area contributed by atoms with E-state index >= 15 is 0 Å². The number of likely N-dealkylation sites (tertiary alicyclic amines) is 1. The molecule has 0 aromatic carbocycles. The van der Waals surface area contributed by atoms with Crippen molar-refractivity contribution < 1.29 is 0 Å². The first-order chi connectivity index (χ1) is 6.15. The van der Waals surface area contributed by atoms with Gasteiger partial charge < -0.3 is 4.90 Å². The molecule has 0 aromatic rings. The van der Waals surface area contributed by atoms with Gasteiger partial charge in [-0.2, -0.15) is 0 Å². The van der Waals surface area contributed by atoms with Crippen molar-refractivity contribution in [2.24, 2.45) is 0 Å². The summed E-state index contributed by atoms with van der Waals surface area (Å²) in [7, 11) is 2.26. The average molecular weight is 184 g/mol. The summed E-state index contributed by atoms with van der Waals surface area (Å²) in [6.45, 7) is 10.6. The molecule has 0 bridgehead atoms. The van der Waals surface area contributed by atoms with Gasteiger partial charge in [0.1, 0.15) is 0 Å². The molecule has 1 aliphatic heterocycles. The van der Waals surface area contributed by atoms with Gasteiger partial charge in [-0.25, -0.2) is 0 Å². The van der Waals surface area contributed by atoms with E-state index in [4.69, 9.17) is 0 Å². The Labute approximate surface area is 82.9 Å². The summed E-state index contributed by atoms with van der Waals surface area (Å²) in [5.41, 5.74) is 0. The maximum absolute atomic E-state index is 2.56. The van der Waals surface area contributed by atoms with Crippen molar-refractivity contribution in [1.82, 2.24) is 9.80 Å². The zero-order valence-electron chi connectivity index (χ0n) is 9.58. The molecule has 78 valence electrons. The monoisotopic (exact) mass is 184 g/mol. The Bertz CT molecular complexity index is 145. The summed E-state index contributed by atoms with van der Waals surface area (Å²) < 4.78 is 0. The highest BCUT2D eigenvalue weighted by molar-refractivity contribution is 4.79. The third-order valence-corrected chi connectivity index (χ3v) is 3.32. The third-order valence-electron chi connectivity index (χ3n) is 3.32. The molecule has 1 rings (SSSR count). The van der Waals surface area contributed by atoms with E-state index in [0.717, 1.165) is 6.04 Å². The minimum atomic E-state index is 0.682. The minimum Gasteiger partial charge on any atom is -0.302 e. The highest BCUT2D eigenvalue weighted by Gasteiger charge is 2.23. The van der Waals surface area contributed by atoms with Gasteiger partial charge in [0, 0.05) is 18.6 Å². The molecule has 13 heavy (non-hydrogen) atoms. The van der Waals surface area contributed by atoms with Gasteiger partial charge in [-0.3, -0.25) is 4.90 Å². The Morgan fingerprint density at radius 1 is 1.46 bits per heavy atom. The molecule has 0 saturated carbocycles. The van der Waals surface area contributed by atoms with Gasteiger partial charge in [0.2, 0.25) is 0 Å². The molecule has 0 aliphatic carbocycles. The summed E-state index contributed by atoms with van der Waals surface area (Å²) in [5.74, 6) is 0. The number of nitrogens with zero attached hydrogens (tertiary/aromatic N) is 2. The van der Waals surface area contributed by atoms with Gasteiger partial charge in [-0.15, -0.1) is 0 Å². The van der Waals surface area contributed by atoms with Crippen molar-refractivity contribution in [2.75, 3.05) is 26.7 Å². The highest BCUT2D eigenvalue weighted by Crippen LogP contribution is 2.15. The van der Waals surface area contributed by atoms with Crippen LogP contribution in [0.15, 0.2) is 0 Å². The molecule has 1 unspecified atom stereocenters. The van der Waals surface area contributed by atoms with Gasteiger partial charge in [0.25, 0.3) is 0 Å².